The van der Waals surface area contributed by atoms with Gasteiger partial charge in [0.1, 0.15) is 18.1 Å². The highest BCUT2D eigenvalue weighted by molar-refractivity contribution is 7.89. The predicted octanol–water partition coefficient (Wildman–Crippen LogP) is 2.17. The second-order valence-corrected chi connectivity index (χ2v) is 8.39. The summed E-state index contributed by atoms with van der Waals surface area (Å²) in [5, 5.41) is 12.7. The van der Waals surface area contributed by atoms with Crippen LogP contribution in [0, 0.1) is 0 Å². The summed E-state index contributed by atoms with van der Waals surface area (Å²) in [6.07, 6.45) is 0. The number of benzene rings is 2. The highest BCUT2D eigenvalue weighted by atomic mass is 32.2. The van der Waals surface area contributed by atoms with E-state index in [-0.39, 0.29) is 18.0 Å². The first-order chi connectivity index (χ1) is 15.5. The summed E-state index contributed by atoms with van der Waals surface area (Å²) in [5.74, 6) is 1.99. The molecule has 0 radical (unpaired) electrons. The molecular formula is C21H21N5O5S. The van der Waals surface area contributed by atoms with Gasteiger partial charge in [-0.15, -0.1) is 15.3 Å². The van der Waals surface area contributed by atoms with Crippen molar-refractivity contribution in [2.24, 2.45) is 0 Å². The Kier molecular flexibility index (Phi) is 6.19. The van der Waals surface area contributed by atoms with Crippen LogP contribution in [0.25, 0.3) is 17.0 Å². The van der Waals surface area contributed by atoms with Crippen LogP contribution in [0.15, 0.2) is 65.6 Å². The van der Waals surface area contributed by atoms with E-state index in [0.29, 0.717) is 28.9 Å². The number of rotatable bonds is 9. The van der Waals surface area contributed by atoms with E-state index in [1.165, 1.54) is 19.2 Å². The molecule has 0 bridgehead atoms. The lowest BCUT2D eigenvalue weighted by Crippen LogP contribution is -2.28. The minimum absolute atomic E-state index is 0.0597. The average molecular weight is 455 g/mol. The van der Waals surface area contributed by atoms with Gasteiger partial charge in [-0.05, 0) is 30.3 Å². The number of aromatic nitrogens is 4. The first kappa shape index (κ1) is 21.5. The first-order valence-electron chi connectivity index (χ1n) is 9.63. The third kappa shape index (κ3) is 4.63. The summed E-state index contributed by atoms with van der Waals surface area (Å²) < 4.78 is 44.9. The molecule has 166 valence electrons. The molecule has 4 aromatic rings. The maximum atomic E-state index is 12.4. The Balaban J connectivity index is 1.43. The first-order valence-corrected chi connectivity index (χ1v) is 11.1. The van der Waals surface area contributed by atoms with Gasteiger partial charge in [-0.2, -0.15) is 4.52 Å². The number of ether oxygens (including phenoxy) is 3. The van der Waals surface area contributed by atoms with Gasteiger partial charge in [-0.25, -0.2) is 13.1 Å². The average Bonchev–Trinajstić information content (AvgIpc) is 3.25. The van der Waals surface area contributed by atoms with Gasteiger partial charge < -0.3 is 14.2 Å². The van der Waals surface area contributed by atoms with Gasteiger partial charge in [0.25, 0.3) is 0 Å². The standard InChI is InChI=1S/C21H21N5O5S/c1-29-16-6-3-5-15(13-16)21-24-23-19-9-10-20(25-26(19)21)31-12-11-22-32(27,28)18-8-4-7-17(14-18)30-2/h3-10,13-14,22H,11-12H2,1-2H3. The molecule has 0 atom stereocenters. The third-order valence-corrected chi connectivity index (χ3v) is 6.02. The lowest BCUT2D eigenvalue weighted by Gasteiger charge is -2.09. The zero-order valence-electron chi connectivity index (χ0n) is 17.4. The maximum Gasteiger partial charge on any atom is 0.240 e. The fourth-order valence-corrected chi connectivity index (χ4v) is 4.02. The van der Waals surface area contributed by atoms with Crippen LogP contribution in [0.4, 0.5) is 0 Å². The molecule has 2 aromatic carbocycles. The molecule has 0 amide bonds. The fourth-order valence-electron chi connectivity index (χ4n) is 2.97. The van der Waals surface area contributed by atoms with Gasteiger partial charge in [-0.3, -0.25) is 0 Å². The minimum atomic E-state index is -3.69. The van der Waals surface area contributed by atoms with Crippen LogP contribution in [-0.2, 0) is 10.0 Å². The molecule has 2 aromatic heterocycles. The van der Waals surface area contributed by atoms with Crippen LogP contribution in [0.3, 0.4) is 0 Å². The number of nitrogens with zero attached hydrogens (tertiary/aromatic N) is 4. The third-order valence-electron chi connectivity index (χ3n) is 4.56. The summed E-state index contributed by atoms with van der Waals surface area (Å²) in [5.41, 5.74) is 1.33. The topological polar surface area (TPSA) is 117 Å². The highest BCUT2D eigenvalue weighted by Crippen LogP contribution is 2.23. The van der Waals surface area contributed by atoms with Crippen LogP contribution in [-0.4, -0.2) is 55.6 Å². The molecule has 0 aliphatic carbocycles. The van der Waals surface area contributed by atoms with Crippen LogP contribution in [0.1, 0.15) is 0 Å². The van der Waals surface area contributed by atoms with E-state index >= 15 is 0 Å². The molecular weight excluding hydrogens is 434 g/mol. The lowest BCUT2D eigenvalue weighted by molar-refractivity contribution is 0.306. The Morgan fingerprint density at radius 3 is 2.47 bits per heavy atom. The molecule has 0 aliphatic heterocycles. The van der Waals surface area contributed by atoms with E-state index in [0.717, 1.165) is 5.56 Å². The van der Waals surface area contributed by atoms with Crippen molar-refractivity contribution in [2.45, 2.75) is 4.90 Å². The molecule has 0 unspecified atom stereocenters. The van der Waals surface area contributed by atoms with Crippen molar-refractivity contribution in [3.8, 4) is 28.8 Å². The molecule has 4 rings (SSSR count). The Bertz CT molecular complexity index is 1340. The van der Waals surface area contributed by atoms with Crippen molar-refractivity contribution < 1.29 is 22.6 Å². The quantitative estimate of drug-likeness (QED) is 0.382. The zero-order chi connectivity index (χ0) is 22.6. The van der Waals surface area contributed by atoms with E-state index in [9.17, 15) is 8.42 Å². The van der Waals surface area contributed by atoms with Crippen LogP contribution < -0.4 is 18.9 Å². The van der Waals surface area contributed by atoms with Crippen molar-refractivity contribution in [3.63, 3.8) is 0 Å². The number of fused-ring (bicyclic) bond motifs is 1. The molecule has 0 saturated heterocycles. The van der Waals surface area contributed by atoms with Gasteiger partial charge in [0.2, 0.25) is 15.9 Å². The number of methoxy groups -OCH3 is 2. The second-order valence-electron chi connectivity index (χ2n) is 6.62. The summed E-state index contributed by atoms with van der Waals surface area (Å²) in [6, 6.07) is 17.0. The van der Waals surface area contributed by atoms with Crippen LogP contribution >= 0.6 is 0 Å². The molecule has 2 heterocycles. The normalized spacial score (nSPS) is 11.4. The zero-order valence-corrected chi connectivity index (χ0v) is 18.2. The van der Waals surface area contributed by atoms with Crippen molar-refractivity contribution >= 4 is 15.7 Å². The molecule has 0 saturated carbocycles. The Labute approximate surface area is 184 Å². The Hall–Kier alpha value is -3.70. The number of sulfonamides is 1. The largest absolute Gasteiger partial charge is 0.497 e. The van der Waals surface area contributed by atoms with E-state index in [1.54, 1.807) is 35.9 Å². The minimum Gasteiger partial charge on any atom is -0.497 e. The maximum absolute atomic E-state index is 12.4. The van der Waals surface area contributed by atoms with Gasteiger partial charge in [0.05, 0.1) is 19.1 Å². The van der Waals surface area contributed by atoms with E-state index in [4.69, 9.17) is 14.2 Å². The Morgan fingerprint density at radius 2 is 1.69 bits per heavy atom. The molecule has 0 aliphatic rings. The smallest absolute Gasteiger partial charge is 0.240 e. The van der Waals surface area contributed by atoms with Crippen molar-refractivity contribution in [1.29, 1.82) is 0 Å². The van der Waals surface area contributed by atoms with Gasteiger partial charge in [0, 0.05) is 24.2 Å². The van der Waals surface area contributed by atoms with Crippen molar-refractivity contribution in [1.82, 2.24) is 24.5 Å². The van der Waals surface area contributed by atoms with Gasteiger partial charge in [-0.1, -0.05) is 18.2 Å². The van der Waals surface area contributed by atoms with E-state index in [1.807, 2.05) is 24.3 Å². The second kappa shape index (κ2) is 9.20. The Morgan fingerprint density at radius 1 is 0.938 bits per heavy atom. The molecule has 1 N–H and O–H groups in total. The van der Waals surface area contributed by atoms with Crippen molar-refractivity contribution in [2.75, 3.05) is 27.4 Å². The SMILES string of the molecule is COc1cccc(-c2nnc3ccc(OCCNS(=O)(=O)c4cccc(OC)c4)nn23)c1. The number of hydrogen-bond donors (Lipinski definition) is 1. The van der Waals surface area contributed by atoms with Crippen LogP contribution in [0.5, 0.6) is 17.4 Å². The summed E-state index contributed by atoms with van der Waals surface area (Å²) in [7, 11) is -0.620. The van der Waals surface area contributed by atoms with E-state index < -0.39 is 10.0 Å². The molecule has 32 heavy (non-hydrogen) atoms. The molecule has 0 fully saturated rings. The molecule has 11 heteroatoms. The van der Waals surface area contributed by atoms with Gasteiger partial charge >= 0.3 is 0 Å². The van der Waals surface area contributed by atoms with Crippen LogP contribution in [0.2, 0.25) is 0 Å². The summed E-state index contributed by atoms with van der Waals surface area (Å²) in [4.78, 5) is 0.115. The molecule has 10 nitrogen and oxygen atoms in total. The summed E-state index contributed by atoms with van der Waals surface area (Å²) in [6.45, 7) is 0.141. The van der Waals surface area contributed by atoms with Gasteiger partial charge in [0.15, 0.2) is 11.5 Å². The number of nitrogens with one attached hydrogen (secondary N) is 1. The fraction of sp³-hybridized carbons (Fsp3) is 0.190. The number of hydrogen-bond acceptors (Lipinski definition) is 8. The van der Waals surface area contributed by atoms with Crippen molar-refractivity contribution in [3.05, 3.63) is 60.7 Å². The highest BCUT2D eigenvalue weighted by Gasteiger charge is 2.15. The predicted molar refractivity (Wildman–Crippen MR) is 116 cm³/mol. The summed E-state index contributed by atoms with van der Waals surface area (Å²) >= 11 is 0. The van der Waals surface area contributed by atoms with E-state index in [2.05, 4.69) is 20.0 Å². The molecule has 0 spiro atoms. The lowest BCUT2D eigenvalue weighted by atomic mass is 10.2. The monoisotopic (exact) mass is 455 g/mol.